The van der Waals surface area contributed by atoms with E-state index >= 15 is 0 Å². The molecule has 0 aromatic carbocycles. The second-order valence-electron chi connectivity index (χ2n) is 2.24. The van der Waals surface area contributed by atoms with Gasteiger partial charge in [-0.2, -0.15) is 0 Å². The van der Waals surface area contributed by atoms with E-state index < -0.39 is 0 Å². The number of aliphatic hydroxyl groups excluding tert-OH is 1. The maximum Gasteiger partial charge on any atom is 0.185 e. The number of aromatic nitrogens is 1. The van der Waals surface area contributed by atoms with E-state index in [1.54, 1.807) is 0 Å². The molecule has 1 aromatic heterocycles. The normalized spacial score (nSPS) is 13.3. The molecule has 0 spiro atoms. The van der Waals surface area contributed by atoms with Gasteiger partial charge in [-0.05, 0) is 6.42 Å². The standard InChI is InChI=1S/C6H8Cl2N2OS/c7-5-4(3(9)1-2-11)12-6(8)10-5/h3,11H,1-2,9H2/t3-/m0/s1. The van der Waals surface area contributed by atoms with Gasteiger partial charge < -0.3 is 10.8 Å². The Hall–Kier alpha value is 0.130. The molecule has 0 aliphatic rings. The van der Waals surface area contributed by atoms with Crippen molar-refractivity contribution in [1.82, 2.24) is 4.98 Å². The monoisotopic (exact) mass is 226 g/mol. The number of thiazole rings is 1. The van der Waals surface area contributed by atoms with Crippen LogP contribution >= 0.6 is 34.5 Å². The van der Waals surface area contributed by atoms with Crippen LogP contribution in [0.25, 0.3) is 0 Å². The molecule has 0 aliphatic heterocycles. The molecule has 6 heteroatoms. The number of rotatable bonds is 3. The summed E-state index contributed by atoms with van der Waals surface area (Å²) < 4.78 is 0.378. The Kier molecular flexibility index (Phi) is 3.74. The van der Waals surface area contributed by atoms with Crippen LogP contribution < -0.4 is 5.73 Å². The lowest BCUT2D eigenvalue weighted by atomic mass is 10.2. The summed E-state index contributed by atoms with van der Waals surface area (Å²) in [6.45, 7) is 0.0347. The predicted molar refractivity (Wildman–Crippen MR) is 50.8 cm³/mol. The SMILES string of the molecule is N[C@@H](CCO)c1sc(Cl)nc1Cl. The van der Waals surface area contributed by atoms with Crippen LogP contribution in [0.1, 0.15) is 17.3 Å². The number of nitrogens with two attached hydrogens (primary N) is 1. The van der Waals surface area contributed by atoms with Crippen molar-refractivity contribution in [1.29, 1.82) is 0 Å². The Labute approximate surface area is 84.1 Å². The third-order valence-corrected chi connectivity index (χ3v) is 3.05. The number of hydrogen-bond donors (Lipinski definition) is 2. The lowest BCUT2D eigenvalue weighted by Gasteiger charge is -2.05. The van der Waals surface area contributed by atoms with Gasteiger partial charge in [-0.1, -0.05) is 23.2 Å². The molecule has 1 atom stereocenters. The summed E-state index contributed by atoms with van der Waals surface area (Å²) in [6, 6.07) is -0.271. The summed E-state index contributed by atoms with van der Waals surface area (Å²) in [6.07, 6.45) is 0.470. The molecule has 0 bridgehead atoms. The van der Waals surface area contributed by atoms with E-state index in [0.717, 1.165) is 4.88 Å². The van der Waals surface area contributed by atoms with Crippen molar-refractivity contribution >= 4 is 34.5 Å². The molecule has 68 valence electrons. The van der Waals surface area contributed by atoms with Crippen LogP contribution in [-0.2, 0) is 0 Å². The second-order valence-corrected chi connectivity index (χ2v) is 4.21. The van der Waals surface area contributed by atoms with Gasteiger partial charge in [0, 0.05) is 12.6 Å². The summed E-state index contributed by atoms with van der Waals surface area (Å²) >= 11 is 12.6. The molecule has 0 radical (unpaired) electrons. The maximum absolute atomic E-state index is 8.62. The van der Waals surface area contributed by atoms with Crippen molar-refractivity contribution in [3.63, 3.8) is 0 Å². The molecule has 1 aromatic rings. The van der Waals surface area contributed by atoms with Crippen LogP contribution in [0.2, 0.25) is 9.62 Å². The van der Waals surface area contributed by atoms with Crippen LogP contribution in [0.15, 0.2) is 0 Å². The smallest absolute Gasteiger partial charge is 0.185 e. The van der Waals surface area contributed by atoms with Gasteiger partial charge in [0.05, 0.1) is 4.88 Å². The molecular formula is C6H8Cl2N2OS. The fourth-order valence-electron chi connectivity index (χ4n) is 0.787. The van der Waals surface area contributed by atoms with Crippen LogP contribution in [-0.4, -0.2) is 16.7 Å². The van der Waals surface area contributed by atoms with Crippen LogP contribution in [0, 0.1) is 0 Å². The Balaban J connectivity index is 2.79. The van der Waals surface area contributed by atoms with Crippen molar-refractivity contribution in [3.05, 3.63) is 14.5 Å². The highest BCUT2D eigenvalue weighted by Gasteiger charge is 2.14. The highest BCUT2D eigenvalue weighted by Crippen LogP contribution is 2.31. The van der Waals surface area contributed by atoms with Crippen LogP contribution in [0.5, 0.6) is 0 Å². The van der Waals surface area contributed by atoms with Gasteiger partial charge in [0.15, 0.2) is 4.47 Å². The third-order valence-electron chi connectivity index (χ3n) is 1.36. The van der Waals surface area contributed by atoms with E-state index in [1.165, 1.54) is 11.3 Å². The Morgan fingerprint density at radius 2 is 2.25 bits per heavy atom. The van der Waals surface area contributed by atoms with Gasteiger partial charge in [0.2, 0.25) is 0 Å². The summed E-state index contributed by atoms with van der Waals surface area (Å²) in [5.41, 5.74) is 5.69. The second kappa shape index (κ2) is 4.39. The van der Waals surface area contributed by atoms with Crippen molar-refractivity contribution in [3.8, 4) is 0 Å². The fraction of sp³-hybridized carbons (Fsp3) is 0.500. The largest absolute Gasteiger partial charge is 0.396 e. The zero-order valence-electron chi connectivity index (χ0n) is 6.13. The lowest BCUT2D eigenvalue weighted by Crippen LogP contribution is -2.10. The summed E-state index contributed by atoms with van der Waals surface area (Å²) in [5.74, 6) is 0. The maximum atomic E-state index is 8.62. The predicted octanol–water partition coefficient (Wildman–Crippen LogP) is 1.83. The minimum absolute atomic E-state index is 0.0347. The Bertz CT molecular complexity index is 266. The molecule has 0 saturated heterocycles. The van der Waals surface area contributed by atoms with E-state index in [9.17, 15) is 0 Å². The minimum atomic E-state index is -0.271. The molecule has 0 aliphatic carbocycles. The number of halogens is 2. The molecule has 0 unspecified atom stereocenters. The molecular weight excluding hydrogens is 219 g/mol. The number of hydrogen-bond acceptors (Lipinski definition) is 4. The van der Waals surface area contributed by atoms with Gasteiger partial charge in [0.1, 0.15) is 5.15 Å². The lowest BCUT2D eigenvalue weighted by molar-refractivity contribution is 0.277. The average molecular weight is 227 g/mol. The Morgan fingerprint density at radius 3 is 2.67 bits per heavy atom. The van der Waals surface area contributed by atoms with Gasteiger partial charge in [0.25, 0.3) is 0 Å². The van der Waals surface area contributed by atoms with E-state index in [4.69, 9.17) is 34.0 Å². The minimum Gasteiger partial charge on any atom is -0.396 e. The summed E-state index contributed by atoms with van der Waals surface area (Å²) in [7, 11) is 0. The summed E-state index contributed by atoms with van der Waals surface area (Å²) in [5, 5.41) is 8.96. The first-order valence-electron chi connectivity index (χ1n) is 3.33. The van der Waals surface area contributed by atoms with E-state index in [2.05, 4.69) is 4.98 Å². The Morgan fingerprint density at radius 1 is 1.58 bits per heavy atom. The molecule has 1 heterocycles. The van der Waals surface area contributed by atoms with Crippen LogP contribution in [0.4, 0.5) is 0 Å². The van der Waals surface area contributed by atoms with Crippen molar-refractivity contribution in [2.45, 2.75) is 12.5 Å². The molecule has 3 nitrogen and oxygen atoms in total. The first-order valence-corrected chi connectivity index (χ1v) is 4.90. The molecule has 0 fully saturated rings. The first kappa shape index (κ1) is 10.2. The first-order chi connectivity index (χ1) is 5.65. The van der Waals surface area contributed by atoms with Gasteiger partial charge in [-0.25, -0.2) is 4.98 Å². The van der Waals surface area contributed by atoms with Crippen molar-refractivity contribution in [2.75, 3.05) is 6.61 Å². The van der Waals surface area contributed by atoms with E-state index in [1.807, 2.05) is 0 Å². The van der Waals surface area contributed by atoms with Crippen molar-refractivity contribution in [2.24, 2.45) is 5.73 Å². The fourth-order valence-corrected chi connectivity index (χ4v) is 2.27. The van der Waals surface area contributed by atoms with Crippen LogP contribution in [0.3, 0.4) is 0 Å². The zero-order valence-corrected chi connectivity index (χ0v) is 8.46. The number of nitrogens with zero attached hydrogens (tertiary/aromatic N) is 1. The topological polar surface area (TPSA) is 59.1 Å². The third kappa shape index (κ3) is 2.31. The van der Waals surface area contributed by atoms with Gasteiger partial charge in [-0.15, -0.1) is 11.3 Å². The van der Waals surface area contributed by atoms with E-state index in [-0.39, 0.29) is 12.6 Å². The summed E-state index contributed by atoms with van der Waals surface area (Å²) in [4.78, 5) is 4.53. The average Bonchev–Trinajstić information content (AvgIpc) is 2.30. The highest BCUT2D eigenvalue weighted by atomic mass is 35.5. The number of aliphatic hydroxyl groups is 1. The highest BCUT2D eigenvalue weighted by molar-refractivity contribution is 7.16. The molecule has 1 rings (SSSR count). The molecule has 12 heavy (non-hydrogen) atoms. The molecule has 0 amide bonds. The zero-order chi connectivity index (χ0) is 9.14. The quantitative estimate of drug-likeness (QED) is 0.828. The van der Waals surface area contributed by atoms with Gasteiger partial charge >= 0.3 is 0 Å². The van der Waals surface area contributed by atoms with Crippen molar-refractivity contribution < 1.29 is 5.11 Å². The molecule has 0 saturated carbocycles. The van der Waals surface area contributed by atoms with E-state index in [0.29, 0.717) is 16.0 Å². The molecule has 3 N–H and O–H groups in total. The van der Waals surface area contributed by atoms with Gasteiger partial charge in [-0.3, -0.25) is 0 Å².